The number of nitrogens with one attached hydrogen (secondary N) is 3. The minimum absolute atomic E-state index is 0. The van der Waals surface area contributed by atoms with Crippen molar-refractivity contribution in [2.45, 2.75) is 11.8 Å². The minimum atomic E-state index is -3.90. The van der Waals surface area contributed by atoms with Crippen molar-refractivity contribution < 1.29 is 17.6 Å². The van der Waals surface area contributed by atoms with Crippen molar-refractivity contribution in [3.8, 4) is 0 Å². The van der Waals surface area contributed by atoms with Crippen molar-refractivity contribution in [3.63, 3.8) is 0 Å². The second kappa shape index (κ2) is 8.69. The Morgan fingerprint density at radius 2 is 1.70 bits per heavy atom. The summed E-state index contributed by atoms with van der Waals surface area (Å²) in [5, 5.41) is 5.92. The number of benzene rings is 2. The zero-order chi connectivity index (χ0) is 18.7. The summed E-state index contributed by atoms with van der Waals surface area (Å²) in [4.78, 5) is 12.4. The van der Waals surface area contributed by atoms with Gasteiger partial charge < -0.3 is 10.6 Å². The number of halogens is 2. The lowest BCUT2D eigenvalue weighted by Gasteiger charge is -2.31. The van der Waals surface area contributed by atoms with Gasteiger partial charge >= 0.3 is 0 Å². The summed E-state index contributed by atoms with van der Waals surface area (Å²) in [5.41, 5.74) is 0.631. The van der Waals surface area contributed by atoms with Crippen molar-refractivity contribution >= 4 is 39.7 Å². The van der Waals surface area contributed by atoms with Gasteiger partial charge in [0.1, 0.15) is 5.82 Å². The minimum Gasteiger partial charge on any atom is -0.324 e. The molecule has 1 heterocycles. The lowest BCUT2D eigenvalue weighted by Crippen LogP contribution is -2.48. The molecule has 0 saturated carbocycles. The van der Waals surface area contributed by atoms with Crippen molar-refractivity contribution in [1.29, 1.82) is 0 Å². The molecular weight excluding hydrogens is 393 g/mol. The van der Waals surface area contributed by atoms with E-state index in [0.717, 1.165) is 25.2 Å². The monoisotopic (exact) mass is 413 g/mol. The third-order valence-electron chi connectivity index (χ3n) is 4.49. The lowest BCUT2D eigenvalue weighted by atomic mass is 9.88. The van der Waals surface area contributed by atoms with E-state index in [0.29, 0.717) is 5.69 Å². The van der Waals surface area contributed by atoms with Gasteiger partial charge in [-0.2, -0.15) is 0 Å². The molecule has 3 N–H and O–H groups in total. The smallest absolute Gasteiger partial charge is 0.261 e. The Morgan fingerprint density at radius 3 is 2.26 bits per heavy atom. The third-order valence-corrected chi connectivity index (χ3v) is 5.87. The fraction of sp³-hybridized carbons (Fsp3) is 0.278. The number of sulfonamides is 1. The van der Waals surface area contributed by atoms with E-state index in [1.165, 1.54) is 12.1 Å². The van der Waals surface area contributed by atoms with Crippen LogP contribution in [0.4, 0.5) is 15.8 Å². The first-order valence-electron chi connectivity index (χ1n) is 8.26. The number of carbonyl (C=O) groups is 1. The second-order valence-electron chi connectivity index (χ2n) is 6.30. The van der Waals surface area contributed by atoms with Crippen molar-refractivity contribution in [2.24, 2.45) is 11.8 Å². The van der Waals surface area contributed by atoms with Crippen LogP contribution < -0.4 is 15.4 Å². The van der Waals surface area contributed by atoms with Gasteiger partial charge in [-0.05, 0) is 55.4 Å². The average molecular weight is 414 g/mol. The predicted molar refractivity (Wildman–Crippen MR) is 105 cm³/mol. The van der Waals surface area contributed by atoms with Gasteiger partial charge in [-0.1, -0.05) is 19.1 Å². The molecule has 2 aromatic rings. The van der Waals surface area contributed by atoms with E-state index in [1.807, 2.05) is 6.92 Å². The molecule has 1 aliphatic heterocycles. The van der Waals surface area contributed by atoms with Gasteiger partial charge in [0, 0.05) is 5.92 Å². The highest BCUT2D eigenvalue weighted by Crippen LogP contribution is 2.26. The summed E-state index contributed by atoms with van der Waals surface area (Å²) in [7, 11) is -3.90. The maximum Gasteiger partial charge on any atom is 0.261 e. The summed E-state index contributed by atoms with van der Waals surface area (Å²) >= 11 is 0. The Bertz CT molecular complexity index is 902. The molecule has 1 saturated heterocycles. The lowest BCUT2D eigenvalue weighted by molar-refractivity contribution is -0.121. The molecule has 0 bridgehead atoms. The van der Waals surface area contributed by atoms with Crippen molar-refractivity contribution in [3.05, 3.63) is 54.3 Å². The Hall–Kier alpha value is -2.16. The topological polar surface area (TPSA) is 87.3 Å². The molecule has 6 nitrogen and oxygen atoms in total. The van der Waals surface area contributed by atoms with Gasteiger partial charge in [0.25, 0.3) is 10.0 Å². The summed E-state index contributed by atoms with van der Waals surface area (Å²) in [6.07, 6.45) is 0. The zero-order valence-corrected chi connectivity index (χ0v) is 16.2. The van der Waals surface area contributed by atoms with Crippen LogP contribution in [0.2, 0.25) is 0 Å². The van der Waals surface area contributed by atoms with E-state index in [-0.39, 0.29) is 40.7 Å². The highest BCUT2D eigenvalue weighted by molar-refractivity contribution is 7.92. The van der Waals surface area contributed by atoms with Gasteiger partial charge in [0.2, 0.25) is 5.91 Å². The molecular formula is C18H21ClFN3O3S. The molecule has 0 radical (unpaired) electrons. The molecule has 1 atom stereocenters. The van der Waals surface area contributed by atoms with Crippen molar-refractivity contribution in [1.82, 2.24) is 5.32 Å². The van der Waals surface area contributed by atoms with Crippen LogP contribution in [0.15, 0.2) is 53.4 Å². The van der Waals surface area contributed by atoms with E-state index in [1.54, 1.807) is 24.3 Å². The maximum absolute atomic E-state index is 13.0. The molecule has 1 amide bonds. The summed E-state index contributed by atoms with van der Waals surface area (Å²) in [6.45, 7) is 3.45. The Morgan fingerprint density at radius 1 is 1.11 bits per heavy atom. The molecule has 1 fully saturated rings. The Labute approximate surface area is 164 Å². The van der Waals surface area contributed by atoms with E-state index in [4.69, 9.17) is 0 Å². The first-order chi connectivity index (χ1) is 12.4. The molecule has 0 aliphatic carbocycles. The van der Waals surface area contributed by atoms with Gasteiger partial charge in [0.15, 0.2) is 0 Å². The summed E-state index contributed by atoms with van der Waals surface area (Å²) in [6, 6.07) is 11.1. The molecule has 2 aromatic carbocycles. The first-order valence-corrected chi connectivity index (χ1v) is 9.74. The molecule has 27 heavy (non-hydrogen) atoms. The van der Waals surface area contributed by atoms with Crippen LogP contribution in [0.3, 0.4) is 0 Å². The molecule has 1 unspecified atom stereocenters. The summed E-state index contributed by atoms with van der Waals surface area (Å²) in [5.74, 6) is -0.586. The fourth-order valence-electron chi connectivity index (χ4n) is 2.62. The quantitative estimate of drug-likeness (QED) is 0.679. The van der Waals surface area contributed by atoms with Crippen molar-refractivity contribution in [2.75, 3.05) is 23.1 Å². The number of hydrogen-bond donors (Lipinski definition) is 3. The number of hydrogen-bond acceptors (Lipinski definition) is 4. The third kappa shape index (κ3) is 4.97. The highest BCUT2D eigenvalue weighted by atomic mass is 35.5. The van der Waals surface area contributed by atoms with E-state index in [2.05, 4.69) is 15.4 Å². The largest absolute Gasteiger partial charge is 0.324 e. The van der Waals surface area contributed by atoms with Crippen LogP contribution in [0.1, 0.15) is 6.92 Å². The van der Waals surface area contributed by atoms with Crippen LogP contribution in [0.5, 0.6) is 0 Å². The van der Waals surface area contributed by atoms with E-state index >= 15 is 0 Å². The number of para-hydroxylation sites is 2. The van der Waals surface area contributed by atoms with Crippen LogP contribution in [-0.4, -0.2) is 27.4 Å². The normalized spacial score (nSPS) is 15.2. The van der Waals surface area contributed by atoms with E-state index in [9.17, 15) is 17.6 Å². The number of amides is 1. The van der Waals surface area contributed by atoms with Crippen LogP contribution in [-0.2, 0) is 14.8 Å². The second-order valence-corrected chi connectivity index (χ2v) is 7.98. The molecule has 9 heteroatoms. The average Bonchev–Trinajstić information content (AvgIpc) is 2.55. The zero-order valence-electron chi connectivity index (χ0n) is 14.6. The molecule has 146 valence electrons. The van der Waals surface area contributed by atoms with Gasteiger partial charge in [-0.3, -0.25) is 9.52 Å². The molecule has 3 rings (SSSR count). The SMILES string of the molecule is CC(C(=O)Nc1ccccc1NS(=O)(=O)c1ccc(F)cc1)C1CNC1.Cl. The van der Waals surface area contributed by atoms with Crippen LogP contribution >= 0.6 is 12.4 Å². The van der Waals surface area contributed by atoms with E-state index < -0.39 is 15.8 Å². The summed E-state index contributed by atoms with van der Waals surface area (Å²) < 4.78 is 40.5. The van der Waals surface area contributed by atoms with Crippen LogP contribution in [0.25, 0.3) is 0 Å². The first kappa shape index (κ1) is 21.1. The highest BCUT2D eigenvalue weighted by Gasteiger charge is 2.29. The van der Waals surface area contributed by atoms with Gasteiger partial charge in [-0.25, -0.2) is 12.8 Å². The maximum atomic E-state index is 13.0. The predicted octanol–water partition coefficient (Wildman–Crippen LogP) is 2.84. The number of rotatable bonds is 6. The molecule has 0 spiro atoms. The van der Waals surface area contributed by atoms with Gasteiger partial charge in [-0.15, -0.1) is 12.4 Å². The molecule has 1 aliphatic rings. The van der Waals surface area contributed by atoms with Crippen LogP contribution in [0, 0.1) is 17.7 Å². The van der Waals surface area contributed by atoms with Gasteiger partial charge in [0.05, 0.1) is 16.3 Å². The Kier molecular flexibility index (Phi) is 6.80. The number of anilines is 2. The Balaban J connectivity index is 0.00000261. The standard InChI is InChI=1S/C18H20FN3O3S.ClH/c1-12(13-10-20-11-13)18(23)21-16-4-2-3-5-17(16)22-26(24,25)15-8-6-14(19)7-9-15;/h2-9,12-13,20,22H,10-11H2,1H3,(H,21,23);1H. The fourth-order valence-corrected chi connectivity index (χ4v) is 3.70. The number of carbonyl (C=O) groups excluding carboxylic acids is 1. The molecule has 0 aromatic heterocycles.